The largest absolute Gasteiger partial charge is 0.276 e. The lowest BCUT2D eigenvalue weighted by Crippen LogP contribution is -2.23. The average molecular weight is 297 g/mol. The minimum absolute atomic E-state index is 0.156. The molecule has 0 atom stereocenters. The molecule has 0 bridgehead atoms. The molecular weight excluding hydrogens is 287 g/mol. The van der Waals surface area contributed by atoms with Gasteiger partial charge < -0.3 is 0 Å². The molecule has 2 rings (SSSR count). The number of carbonyl (C=O) groups excluding carboxylic acids is 1. The highest BCUT2D eigenvalue weighted by Crippen LogP contribution is 2.19. The normalized spacial score (nSPS) is 10.2. The lowest BCUT2D eigenvalue weighted by atomic mass is 10.2. The Labute approximate surface area is 120 Å². The van der Waals surface area contributed by atoms with E-state index in [0.717, 1.165) is 5.56 Å². The lowest BCUT2D eigenvalue weighted by molar-refractivity contribution is 0.0233. The monoisotopic (exact) mass is 296 g/mol. The Bertz CT molecular complexity index is 576. The summed E-state index contributed by atoms with van der Waals surface area (Å²) in [6.07, 6.45) is 1.33. The number of amides is 1. The van der Waals surface area contributed by atoms with Gasteiger partial charge in [0.05, 0.1) is 17.2 Å². The molecule has 1 heterocycles. The SMILES string of the molecule is O=C(NOCc1ccccc1)c1cnc(Cl)c(Cl)c1. The summed E-state index contributed by atoms with van der Waals surface area (Å²) >= 11 is 11.4. The molecule has 0 aliphatic heterocycles. The molecule has 2 aromatic rings. The smallest absolute Gasteiger partial charge is 0.269 e. The number of nitrogens with one attached hydrogen (secondary N) is 1. The zero-order valence-corrected chi connectivity index (χ0v) is 11.3. The van der Waals surface area contributed by atoms with Gasteiger partial charge in [-0.15, -0.1) is 0 Å². The van der Waals surface area contributed by atoms with Crippen LogP contribution in [-0.4, -0.2) is 10.9 Å². The fourth-order valence-corrected chi connectivity index (χ4v) is 1.63. The van der Waals surface area contributed by atoms with Gasteiger partial charge in [-0.2, -0.15) is 0 Å². The average Bonchev–Trinajstić information content (AvgIpc) is 2.43. The Balaban J connectivity index is 1.89. The van der Waals surface area contributed by atoms with E-state index in [-0.39, 0.29) is 22.3 Å². The minimum Gasteiger partial charge on any atom is -0.269 e. The van der Waals surface area contributed by atoms with Crippen molar-refractivity contribution in [3.05, 3.63) is 63.9 Å². The first-order valence-electron chi connectivity index (χ1n) is 5.44. The number of pyridine rings is 1. The summed E-state index contributed by atoms with van der Waals surface area (Å²) < 4.78 is 0. The van der Waals surface area contributed by atoms with Crippen LogP contribution < -0.4 is 5.48 Å². The number of nitrogens with zero attached hydrogens (tertiary/aromatic N) is 1. The Morgan fingerprint density at radius 3 is 2.68 bits per heavy atom. The Morgan fingerprint density at radius 2 is 2.00 bits per heavy atom. The Kier molecular flexibility index (Phi) is 4.74. The van der Waals surface area contributed by atoms with E-state index in [4.69, 9.17) is 28.0 Å². The second-order valence-electron chi connectivity index (χ2n) is 3.70. The summed E-state index contributed by atoms with van der Waals surface area (Å²) in [5, 5.41) is 0.376. The lowest BCUT2D eigenvalue weighted by Gasteiger charge is -2.06. The molecule has 4 nitrogen and oxygen atoms in total. The van der Waals surface area contributed by atoms with Crippen molar-refractivity contribution in [1.29, 1.82) is 0 Å². The van der Waals surface area contributed by atoms with Gasteiger partial charge in [-0.25, -0.2) is 10.5 Å². The number of hydroxylamine groups is 1. The van der Waals surface area contributed by atoms with Crippen LogP contribution in [0.4, 0.5) is 0 Å². The van der Waals surface area contributed by atoms with Crippen molar-refractivity contribution in [2.24, 2.45) is 0 Å². The van der Waals surface area contributed by atoms with Crippen molar-refractivity contribution in [1.82, 2.24) is 10.5 Å². The van der Waals surface area contributed by atoms with Crippen LogP contribution in [0.5, 0.6) is 0 Å². The molecule has 1 aromatic heterocycles. The van der Waals surface area contributed by atoms with E-state index in [0.29, 0.717) is 0 Å². The molecule has 6 heteroatoms. The van der Waals surface area contributed by atoms with E-state index in [9.17, 15) is 4.79 Å². The molecule has 0 saturated heterocycles. The number of halogens is 2. The van der Waals surface area contributed by atoms with E-state index in [1.54, 1.807) is 0 Å². The summed E-state index contributed by atoms with van der Waals surface area (Å²) in [5.74, 6) is -0.429. The first kappa shape index (κ1) is 13.8. The maximum Gasteiger partial charge on any atom is 0.276 e. The number of hydrogen-bond donors (Lipinski definition) is 1. The van der Waals surface area contributed by atoms with E-state index < -0.39 is 5.91 Å². The quantitative estimate of drug-likeness (QED) is 0.696. The van der Waals surface area contributed by atoms with Crippen LogP contribution in [0, 0.1) is 0 Å². The van der Waals surface area contributed by atoms with Gasteiger partial charge in [-0.05, 0) is 11.6 Å². The van der Waals surface area contributed by atoms with Crippen molar-refractivity contribution < 1.29 is 9.63 Å². The fraction of sp³-hybridized carbons (Fsp3) is 0.0769. The van der Waals surface area contributed by atoms with Crippen molar-refractivity contribution in [3.63, 3.8) is 0 Å². The first-order chi connectivity index (χ1) is 9.16. The van der Waals surface area contributed by atoms with Crippen molar-refractivity contribution in [3.8, 4) is 0 Å². The zero-order valence-electron chi connectivity index (χ0n) is 9.77. The topological polar surface area (TPSA) is 51.2 Å². The van der Waals surface area contributed by atoms with Crippen molar-refractivity contribution in [2.45, 2.75) is 6.61 Å². The second kappa shape index (κ2) is 6.52. The molecule has 0 aliphatic carbocycles. The molecule has 1 amide bonds. The van der Waals surface area contributed by atoms with Gasteiger partial charge in [-0.1, -0.05) is 53.5 Å². The molecule has 1 aromatic carbocycles. The molecule has 0 radical (unpaired) electrons. The summed E-state index contributed by atoms with van der Waals surface area (Å²) in [6, 6.07) is 10.9. The maximum atomic E-state index is 11.7. The standard InChI is InChI=1S/C13H10Cl2N2O2/c14-11-6-10(7-16-12(11)15)13(18)17-19-8-9-4-2-1-3-5-9/h1-7H,8H2,(H,17,18). The van der Waals surface area contributed by atoms with Crippen LogP contribution in [-0.2, 0) is 11.4 Å². The van der Waals surface area contributed by atoms with Crippen LogP contribution in [0.15, 0.2) is 42.6 Å². The highest BCUT2D eigenvalue weighted by molar-refractivity contribution is 6.41. The van der Waals surface area contributed by atoms with Crippen LogP contribution in [0.1, 0.15) is 15.9 Å². The highest BCUT2D eigenvalue weighted by Gasteiger charge is 2.09. The van der Waals surface area contributed by atoms with Crippen LogP contribution in [0.3, 0.4) is 0 Å². The van der Waals surface area contributed by atoms with Gasteiger partial charge in [0.1, 0.15) is 5.15 Å². The summed E-state index contributed by atoms with van der Waals surface area (Å²) in [6.45, 7) is 0.279. The predicted molar refractivity (Wildman–Crippen MR) is 73.0 cm³/mol. The van der Waals surface area contributed by atoms with Gasteiger partial charge in [0.2, 0.25) is 0 Å². The van der Waals surface area contributed by atoms with Gasteiger partial charge in [0.25, 0.3) is 5.91 Å². The molecule has 0 saturated carbocycles. The number of aromatic nitrogens is 1. The third-order valence-corrected chi connectivity index (χ3v) is 2.99. The number of hydrogen-bond acceptors (Lipinski definition) is 3. The van der Waals surface area contributed by atoms with Crippen LogP contribution in [0.25, 0.3) is 0 Å². The molecule has 0 unspecified atom stereocenters. The van der Waals surface area contributed by atoms with E-state index in [1.807, 2.05) is 30.3 Å². The van der Waals surface area contributed by atoms with E-state index >= 15 is 0 Å². The molecule has 0 fully saturated rings. The van der Waals surface area contributed by atoms with Gasteiger partial charge >= 0.3 is 0 Å². The molecular formula is C13H10Cl2N2O2. The predicted octanol–water partition coefficient (Wildman–Crippen LogP) is 3.25. The molecule has 0 spiro atoms. The second-order valence-corrected chi connectivity index (χ2v) is 4.47. The van der Waals surface area contributed by atoms with E-state index in [2.05, 4.69) is 10.5 Å². The summed E-state index contributed by atoms with van der Waals surface area (Å²) in [7, 11) is 0. The van der Waals surface area contributed by atoms with Gasteiger partial charge in [-0.3, -0.25) is 9.63 Å². The fourth-order valence-electron chi connectivity index (χ4n) is 1.36. The first-order valence-corrected chi connectivity index (χ1v) is 6.19. The van der Waals surface area contributed by atoms with Crippen LogP contribution in [0.2, 0.25) is 10.2 Å². The summed E-state index contributed by atoms with van der Waals surface area (Å²) in [4.78, 5) is 20.6. The Morgan fingerprint density at radius 1 is 1.26 bits per heavy atom. The van der Waals surface area contributed by atoms with Gasteiger partial charge in [0.15, 0.2) is 0 Å². The minimum atomic E-state index is -0.429. The van der Waals surface area contributed by atoms with Crippen molar-refractivity contribution in [2.75, 3.05) is 0 Å². The molecule has 1 N–H and O–H groups in total. The molecule has 98 valence electrons. The summed E-state index contributed by atoms with van der Waals surface area (Å²) in [5.41, 5.74) is 3.55. The number of benzene rings is 1. The number of carbonyl (C=O) groups is 1. The van der Waals surface area contributed by atoms with Gasteiger partial charge in [0, 0.05) is 6.20 Å². The van der Waals surface area contributed by atoms with E-state index in [1.165, 1.54) is 12.3 Å². The Hall–Kier alpha value is -1.62. The third-order valence-electron chi connectivity index (χ3n) is 2.30. The van der Waals surface area contributed by atoms with Crippen LogP contribution >= 0.6 is 23.2 Å². The maximum absolute atomic E-state index is 11.7. The highest BCUT2D eigenvalue weighted by atomic mass is 35.5. The molecule has 19 heavy (non-hydrogen) atoms. The number of rotatable bonds is 4. The van der Waals surface area contributed by atoms with Crippen molar-refractivity contribution >= 4 is 29.1 Å². The zero-order chi connectivity index (χ0) is 13.7. The third kappa shape index (κ3) is 3.92. The molecule has 0 aliphatic rings.